The molecule has 0 unspecified atom stereocenters. The molecule has 2 N–H and O–H groups in total. The van der Waals surface area contributed by atoms with Crippen LogP contribution in [0.1, 0.15) is 10.4 Å². The number of fused-ring (bicyclic) bond motifs is 1. The Balaban J connectivity index is 2.71. The van der Waals surface area contributed by atoms with Gasteiger partial charge in [-0.15, -0.1) is 11.3 Å². The lowest BCUT2D eigenvalue weighted by molar-refractivity contribution is 0.426. The summed E-state index contributed by atoms with van der Waals surface area (Å²) in [5.74, 6) is 0. The van der Waals surface area contributed by atoms with Crippen LogP contribution in [0.15, 0.2) is 18.2 Å². The van der Waals surface area contributed by atoms with Crippen molar-refractivity contribution in [1.82, 2.24) is 0 Å². The first kappa shape index (κ1) is 9.71. The van der Waals surface area contributed by atoms with Crippen molar-refractivity contribution in [1.29, 1.82) is 0 Å². The second-order valence-corrected chi connectivity index (χ2v) is 4.77. The molecular weight excluding hydrogens is 195 g/mol. The highest BCUT2D eigenvalue weighted by molar-refractivity contribution is 7.19. The van der Waals surface area contributed by atoms with Crippen molar-refractivity contribution in [2.45, 2.75) is 13.8 Å². The normalized spacial score (nSPS) is 10.9. The zero-order valence-corrected chi connectivity index (χ0v) is 8.93. The lowest BCUT2D eigenvalue weighted by atomic mass is 9.79. The Morgan fingerprint density at radius 2 is 1.86 bits per heavy atom. The van der Waals surface area contributed by atoms with Gasteiger partial charge in [0.05, 0.1) is 0 Å². The fourth-order valence-corrected chi connectivity index (χ4v) is 2.67. The molecule has 2 aromatic rings. The summed E-state index contributed by atoms with van der Waals surface area (Å²) in [5, 5.41) is 19.4. The van der Waals surface area contributed by atoms with Crippen LogP contribution in [0.2, 0.25) is 0 Å². The van der Waals surface area contributed by atoms with E-state index in [0.717, 1.165) is 10.3 Å². The second-order valence-electron chi connectivity index (χ2n) is 3.48. The molecule has 4 heteroatoms. The third kappa shape index (κ3) is 1.56. The van der Waals surface area contributed by atoms with Crippen LogP contribution in [0.5, 0.6) is 0 Å². The molecule has 0 saturated carbocycles. The molecule has 1 aromatic heterocycles. The zero-order valence-electron chi connectivity index (χ0n) is 8.11. The Labute approximate surface area is 87.0 Å². The number of hydrogen-bond donors (Lipinski definition) is 2. The van der Waals surface area contributed by atoms with Crippen molar-refractivity contribution >= 4 is 34.0 Å². The molecule has 2 nitrogen and oxygen atoms in total. The standard InChI is InChI=1S/C10H11BO2S/c1-6-3-8(11(12)13)5-10-9(6)4-7(2)14-10/h3-5,12-13H,1-2H3. The van der Waals surface area contributed by atoms with Crippen molar-refractivity contribution in [3.05, 3.63) is 28.6 Å². The molecule has 72 valence electrons. The minimum Gasteiger partial charge on any atom is -0.423 e. The van der Waals surface area contributed by atoms with Crippen molar-refractivity contribution < 1.29 is 10.0 Å². The molecule has 14 heavy (non-hydrogen) atoms. The van der Waals surface area contributed by atoms with E-state index < -0.39 is 7.12 Å². The molecule has 2 rings (SSSR count). The molecule has 0 aliphatic carbocycles. The number of rotatable bonds is 1. The van der Waals surface area contributed by atoms with Crippen LogP contribution in [-0.4, -0.2) is 17.2 Å². The maximum absolute atomic E-state index is 9.07. The maximum Gasteiger partial charge on any atom is 0.488 e. The predicted octanol–water partition coefficient (Wildman–Crippen LogP) is 1.20. The van der Waals surface area contributed by atoms with Crippen molar-refractivity contribution in [3.63, 3.8) is 0 Å². The molecule has 0 spiro atoms. The number of benzene rings is 1. The Hall–Kier alpha value is -0.835. The monoisotopic (exact) mass is 206 g/mol. The number of aryl methyl sites for hydroxylation is 2. The zero-order chi connectivity index (χ0) is 10.3. The van der Waals surface area contributed by atoms with Gasteiger partial charge < -0.3 is 10.0 Å². The first-order valence-electron chi connectivity index (χ1n) is 4.45. The topological polar surface area (TPSA) is 40.5 Å². The summed E-state index contributed by atoms with van der Waals surface area (Å²) in [4.78, 5) is 1.24. The molecule has 1 aromatic carbocycles. The Morgan fingerprint density at radius 1 is 1.14 bits per heavy atom. The van der Waals surface area contributed by atoms with Gasteiger partial charge in [0, 0.05) is 9.58 Å². The van der Waals surface area contributed by atoms with E-state index in [0.29, 0.717) is 5.46 Å². The molecule has 1 heterocycles. The van der Waals surface area contributed by atoms with Crippen LogP contribution in [0, 0.1) is 13.8 Å². The average molecular weight is 206 g/mol. The first-order chi connectivity index (χ1) is 6.58. The van der Waals surface area contributed by atoms with Crippen LogP contribution < -0.4 is 5.46 Å². The van der Waals surface area contributed by atoms with E-state index >= 15 is 0 Å². The molecule has 0 amide bonds. The van der Waals surface area contributed by atoms with Gasteiger partial charge in [-0.3, -0.25) is 0 Å². The van der Waals surface area contributed by atoms with Gasteiger partial charge in [-0.05, 0) is 42.4 Å². The van der Waals surface area contributed by atoms with Gasteiger partial charge in [-0.25, -0.2) is 0 Å². The Morgan fingerprint density at radius 3 is 2.50 bits per heavy atom. The summed E-state index contributed by atoms with van der Waals surface area (Å²) in [5.41, 5.74) is 1.66. The lowest BCUT2D eigenvalue weighted by Crippen LogP contribution is -2.29. The van der Waals surface area contributed by atoms with E-state index in [1.54, 1.807) is 11.3 Å². The van der Waals surface area contributed by atoms with Gasteiger partial charge in [0.2, 0.25) is 0 Å². The van der Waals surface area contributed by atoms with E-state index in [1.165, 1.54) is 10.3 Å². The largest absolute Gasteiger partial charge is 0.488 e. The molecule has 0 fully saturated rings. The van der Waals surface area contributed by atoms with Gasteiger partial charge in [-0.1, -0.05) is 6.07 Å². The van der Waals surface area contributed by atoms with Gasteiger partial charge in [-0.2, -0.15) is 0 Å². The molecule has 0 aliphatic rings. The second kappa shape index (κ2) is 3.39. The van der Waals surface area contributed by atoms with Crippen LogP contribution >= 0.6 is 11.3 Å². The van der Waals surface area contributed by atoms with E-state index in [4.69, 9.17) is 10.0 Å². The highest BCUT2D eigenvalue weighted by atomic mass is 32.1. The van der Waals surface area contributed by atoms with Gasteiger partial charge >= 0.3 is 7.12 Å². The van der Waals surface area contributed by atoms with E-state index in [1.807, 2.05) is 19.1 Å². The lowest BCUT2D eigenvalue weighted by Gasteiger charge is -2.02. The minimum absolute atomic E-state index is 0.567. The number of hydrogen-bond acceptors (Lipinski definition) is 3. The summed E-state index contributed by atoms with van der Waals surface area (Å²) in [6.07, 6.45) is 0. The SMILES string of the molecule is Cc1cc2c(C)cc(B(O)O)cc2s1. The molecule has 0 saturated heterocycles. The minimum atomic E-state index is -1.37. The molecule has 0 bridgehead atoms. The van der Waals surface area contributed by atoms with Crippen molar-refractivity contribution in [2.75, 3.05) is 0 Å². The van der Waals surface area contributed by atoms with E-state index in [2.05, 4.69) is 13.0 Å². The highest BCUT2D eigenvalue weighted by Crippen LogP contribution is 2.26. The number of thiophene rings is 1. The smallest absolute Gasteiger partial charge is 0.423 e. The summed E-state index contributed by atoms with van der Waals surface area (Å²) < 4.78 is 1.12. The average Bonchev–Trinajstić information content (AvgIpc) is 2.45. The summed E-state index contributed by atoms with van der Waals surface area (Å²) in [7, 11) is -1.37. The van der Waals surface area contributed by atoms with E-state index in [9.17, 15) is 0 Å². The van der Waals surface area contributed by atoms with Gasteiger partial charge in [0.15, 0.2) is 0 Å². The molecular formula is C10H11BO2S. The molecule has 0 atom stereocenters. The van der Waals surface area contributed by atoms with Crippen LogP contribution in [0.3, 0.4) is 0 Å². The quantitative estimate of drug-likeness (QED) is 0.688. The van der Waals surface area contributed by atoms with Crippen LogP contribution in [0.25, 0.3) is 10.1 Å². The maximum atomic E-state index is 9.07. The molecule has 0 aliphatic heterocycles. The van der Waals surface area contributed by atoms with Crippen LogP contribution in [-0.2, 0) is 0 Å². The Bertz CT molecular complexity index is 476. The van der Waals surface area contributed by atoms with Gasteiger partial charge in [0.25, 0.3) is 0 Å². The van der Waals surface area contributed by atoms with Crippen molar-refractivity contribution in [3.8, 4) is 0 Å². The highest BCUT2D eigenvalue weighted by Gasteiger charge is 2.13. The third-order valence-corrected chi connectivity index (χ3v) is 3.29. The van der Waals surface area contributed by atoms with E-state index in [-0.39, 0.29) is 0 Å². The van der Waals surface area contributed by atoms with Gasteiger partial charge in [0.1, 0.15) is 0 Å². The fourth-order valence-electron chi connectivity index (χ4n) is 1.62. The summed E-state index contributed by atoms with van der Waals surface area (Å²) >= 11 is 1.68. The summed E-state index contributed by atoms with van der Waals surface area (Å²) in [6.45, 7) is 4.04. The van der Waals surface area contributed by atoms with Crippen molar-refractivity contribution in [2.24, 2.45) is 0 Å². The summed E-state index contributed by atoms with van der Waals surface area (Å²) in [6, 6.07) is 5.78. The molecule has 0 radical (unpaired) electrons. The predicted molar refractivity (Wildman–Crippen MR) is 61.1 cm³/mol. The fraction of sp³-hybridized carbons (Fsp3) is 0.200. The Kier molecular flexibility index (Phi) is 2.35. The first-order valence-corrected chi connectivity index (χ1v) is 5.26. The van der Waals surface area contributed by atoms with Crippen LogP contribution in [0.4, 0.5) is 0 Å². The third-order valence-electron chi connectivity index (χ3n) is 2.29.